The summed E-state index contributed by atoms with van der Waals surface area (Å²) in [6, 6.07) is 9.99. The summed E-state index contributed by atoms with van der Waals surface area (Å²) < 4.78 is 1.63. The molecule has 1 aliphatic heterocycles. The van der Waals surface area contributed by atoms with Gasteiger partial charge in [-0.3, -0.25) is 14.5 Å². The third-order valence-corrected chi connectivity index (χ3v) is 6.43. The molecule has 2 heterocycles. The van der Waals surface area contributed by atoms with Crippen LogP contribution in [0.15, 0.2) is 41.4 Å². The number of hydrogen-bond donors (Lipinski definition) is 0. The van der Waals surface area contributed by atoms with Crippen molar-refractivity contribution in [2.45, 2.75) is 11.6 Å². The molecule has 3 aromatic rings. The molecule has 31 heavy (non-hydrogen) atoms. The van der Waals surface area contributed by atoms with E-state index in [9.17, 15) is 9.59 Å². The standard InChI is InChI=1S/C21H17Cl3N4O2S/c1-26(2)19-14(10-27-20(29)12-6-4-5-7-13(12)21(27)30)18(31-3)25-28(19)17-15(23)8-11(22)9-16(17)24/h4-9H,10H2,1-3H3. The van der Waals surface area contributed by atoms with Gasteiger partial charge in [-0.05, 0) is 30.5 Å². The number of rotatable bonds is 5. The van der Waals surface area contributed by atoms with Crippen LogP contribution in [0, 0.1) is 0 Å². The quantitative estimate of drug-likeness (QED) is 0.349. The molecule has 0 atom stereocenters. The molecular formula is C21H17Cl3N4O2S. The number of anilines is 1. The molecule has 0 N–H and O–H groups in total. The lowest BCUT2D eigenvalue weighted by Crippen LogP contribution is -2.30. The molecule has 4 rings (SSSR count). The predicted molar refractivity (Wildman–Crippen MR) is 125 cm³/mol. The summed E-state index contributed by atoms with van der Waals surface area (Å²) in [7, 11) is 3.70. The van der Waals surface area contributed by atoms with Crippen molar-refractivity contribution in [1.82, 2.24) is 14.7 Å². The number of aromatic nitrogens is 2. The minimum Gasteiger partial charge on any atom is -0.362 e. The van der Waals surface area contributed by atoms with Crippen LogP contribution in [0.3, 0.4) is 0 Å². The molecule has 6 nitrogen and oxygen atoms in total. The zero-order valence-corrected chi connectivity index (χ0v) is 19.9. The third-order valence-electron chi connectivity index (χ3n) is 4.92. The van der Waals surface area contributed by atoms with Crippen molar-refractivity contribution in [3.8, 4) is 5.69 Å². The molecule has 0 aliphatic carbocycles. The van der Waals surface area contributed by atoms with Crippen LogP contribution in [0.25, 0.3) is 5.69 Å². The Bertz CT molecular complexity index is 1170. The van der Waals surface area contributed by atoms with Gasteiger partial charge in [0.2, 0.25) is 0 Å². The number of halogens is 3. The highest BCUT2D eigenvalue weighted by Crippen LogP contribution is 2.39. The van der Waals surface area contributed by atoms with Gasteiger partial charge in [-0.2, -0.15) is 5.10 Å². The highest BCUT2D eigenvalue weighted by Gasteiger charge is 2.37. The second-order valence-corrected chi connectivity index (χ2v) is 9.12. The van der Waals surface area contributed by atoms with Gasteiger partial charge in [0.05, 0.1) is 27.7 Å². The van der Waals surface area contributed by atoms with Crippen molar-refractivity contribution < 1.29 is 9.59 Å². The van der Waals surface area contributed by atoms with Crippen molar-refractivity contribution in [3.63, 3.8) is 0 Å². The van der Waals surface area contributed by atoms with Gasteiger partial charge in [-0.15, -0.1) is 11.8 Å². The molecule has 0 spiro atoms. The van der Waals surface area contributed by atoms with Crippen molar-refractivity contribution in [2.75, 3.05) is 25.3 Å². The number of fused-ring (bicyclic) bond motifs is 1. The van der Waals surface area contributed by atoms with E-state index >= 15 is 0 Å². The molecule has 1 aliphatic rings. The second-order valence-electron chi connectivity index (χ2n) is 7.08. The second kappa shape index (κ2) is 8.39. The van der Waals surface area contributed by atoms with Gasteiger partial charge in [0, 0.05) is 24.7 Å². The molecule has 0 unspecified atom stereocenters. The van der Waals surface area contributed by atoms with Crippen molar-refractivity contribution in [1.29, 1.82) is 0 Å². The fraction of sp³-hybridized carbons (Fsp3) is 0.190. The molecule has 0 saturated heterocycles. The van der Waals surface area contributed by atoms with Crippen LogP contribution in [0.4, 0.5) is 5.82 Å². The molecule has 0 saturated carbocycles. The average Bonchev–Trinajstić information content (AvgIpc) is 3.18. The lowest BCUT2D eigenvalue weighted by molar-refractivity contribution is 0.0641. The number of nitrogens with zero attached hydrogens (tertiary/aromatic N) is 4. The van der Waals surface area contributed by atoms with E-state index < -0.39 is 0 Å². The highest BCUT2D eigenvalue weighted by molar-refractivity contribution is 7.98. The molecule has 1 aromatic heterocycles. The Morgan fingerprint density at radius 2 is 1.55 bits per heavy atom. The van der Waals surface area contributed by atoms with Crippen LogP contribution in [0.5, 0.6) is 0 Å². The number of hydrogen-bond acceptors (Lipinski definition) is 5. The number of thioether (sulfide) groups is 1. The van der Waals surface area contributed by atoms with E-state index in [1.54, 1.807) is 41.1 Å². The van der Waals surface area contributed by atoms with Crippen LogP contribution in [-0.2, 0) is 6.54 Å². The topological polar surface area (TPSA) is 58.4 Å². The summed E-state index contributed by atoms with van der Waals surface area (Å²) in [5.41, 5.74) is 2.00. The maximum Gasteiger partial charge on any atom is 0.261 e. The number of amides is 2. The van der Waals surface area contributed by atoms with E-state index in [-0.39, 0.29) is 18.4 Å². The highest BCUT2D eigenvalue weighted by atomic mass is 35.5. The van der Waals surface area contributed by atoms with Gasteiger partial charge in [-0.1, -0.05) is 46.9 Å². The van der Waals surface area contributed by atoms with Crippen LogP contribution in [0.1, 0.15) is 26.3 Å². The SMILES string of the molecule is CSc1nn(-c2c(Cl)cc(Cl)cc2Cl)c(N(C)C)c1CN1C(=O)c2ccccc2C1=O. The smallest absolute Gasteiger partial charge is 0.261 e. The van der Waals surface area contributed by atoms with Crippen molar-refractivity contribution >= 4 is 64.2 Å². The maximum absolute atomic E-state index is 12.9. The Morgan fingerprint density at radius 3 is 2.03 bits per heavy atom. The van der Waals surface area contributed by atoms with Crippen molar-refractivity contribution in [2.24, 2.45) is 0 Å². The molecule has 0 radical (unpaired) electrons. The third kappa shape index (κ3) is 3.69. The molecule has 0 bridgehead atoms. The summed E-state index contributed by atoms with van der Waals surface area (Å²) in [5.74, 6) is 0.00682. The Balaban J connectivity index is 1.85. The Morgan fingerprint density at radius 1 is 1.00 bits per heavy atom. The Hall–Kier alpha value is -2.19. The van der Waals surface area contributed by atoms with E-state index in [1.165, 1.54) is 16.7 Å². The summed E-state index contributed by atoms with van der Waals surface area (Å²) in [6.07, 6.45) is 1.88. The molecule has 2 aromatic carbocycles. The summed E-state index contributed by atoms with van der Waals surface area (Å²) in [6.45, 7) is 0.0683. The lowest BCUT2D eigenvalue weighted by Gasteiger charge is -2.21. The van der Waals surface area contributed by atoms with Crippen LogP contribution in [-0.4, -0.2) is 46.8 Å². The van der Waals surface area contributed by atoms with Gasteiger partial charge >= 0.3 is 0 Å². The Labute approximate surface area is 198 Å². The maximum atomic E-state index is 12.9. The normalized spacial score (nSPS) is 13.2. The van der Waals surface area contributed by atoms with E-state index in [1.807, 2.05) is 25.3 Å². The molecular weight excluding hydrogens is 479 g/mol. The van der Waals surface area contributed by atoms with Crippen LogP contribution in [0.2, 0.25) is 15.1 Å². The van der Waals surface area contributed by atoms with Gasteiger partial charge in [0.25, 0.3) is 11.8 Å². The first-order valence-corrected chi connectivity index (χ1v) is 11.5. The van der Waals surface area contributed by atoms with Crippen LogP contribution >= 0.6 is 46.6 Å². The largest absolute Gasteiger partial charge is 0.362 e. The van der Waals surface area contributed by atoms with Gasteiger partial charge in [-0.25, -0.2) is 4.68 Å². The van der Waals surface area contributed by atoms with Gasteiger partial charge in [0.1, 0.15) is 16.5 Å². The number of imide groups is 1. The first-order valence-electron chi connectivity index (χ1n) is 9.18. The molecule has 10 heteroatoms. The summed E-state index contributed by atoms with van der Waals surface area (Å²) >= 11 is 20.4. The predicted octanol–water partition coefficient (Wildman–Crippen LogP) is 5.42. The van der Waals surface area contributed by atoms with Gasteiger partial charge < -0.3 is 4.90 Å². The number of carbonyl (C=O) groups excluding carboxylic acids is 2. The zero-order valence-electron chi connectivity index (χ0n) is 16.8. The monoisotopic (exact) mass is 494 g/mol. The Kier molecular flexibility index (Phi) is 5.96. The molecule has 2 amide bonds. The number of benzene rings is 2. The fourth-order valence-corrected chi connectivity index (χ4v) is 5.16. The molecule has 0 fully saturated rings. The summed E-state index contributed by atoms with van der Waals surface area (Å²) in [5, 5.41) is 6.43. The first-order chi connectivity index (χ1) is 14.7. The van der Waals surface area contributed by atoms with E-state index in [0.717, 1.165) is 0 Å². The average molecular weight is 496 g/mol. The minimum atomic E-state index is -0.326. The zero-order chi connectivity index (χ0) is 22.4. The fourth-order valence-electron chi connectivity index (χ4n) is 3.62. The van der Waals surface area contributed by atoms with E-state index in [2.05, 4.69) is 5.10 Å². The number of carbonyl (C=O) groups is 2. The minimum absolute atomic E-state index is 0.0683. The van der Waals surface area contributed by atoms with Gasteiger partial charge in [0.15, 0.2) is 0 Å². The van der Waals surface area contributed by atoms with Crippen molar-refractivity contribution in [3.05, 3.63) is 68.2 Å². The lowest BCUT2D eigenvalue weighted by atomic mass is 10.1. The molecule has 160 valence electrons. The van der Waals surface area contributed by atoms with E-state index in [0.29, 0.717) is 48.3 Å². The summed E-state index contributed by atoms with van der Waals surface area (Å²) in [4.78, 5) is 28.9. The van der Waals surface area contributed by atoms with Crippen LogP contribution < -0.4 is 4.90 Å². The first kappa shape index (κ1) is 22.0. The van der Waals surface area contributed by atoms with E-state index in [4.69, 9.17) is 34.8 Å².